The third-order valence-corrected chi connectivity index (χ3v) is 2.44. The fraction of sp³-hybridized carbons (Fsp3) is 0.0833. The molecule has 0 spiro atoms. The van der Waals surface area contributed by atoms with Crippen molar-refractivity contribution in [1.82, 2.24) is 4.98 Å². The van der Waals surface area contributed by atoms with E-state index in [0.717, 1.165) is 5.56 Å². The molecule has 1 heterocycles. The highest BCUT2D eigenvalue weighted by molar-refractivity contribution is 6.30. The number of benzene rings is 1. The number of pyridine rings is 1. The van der Waals surface area contributed by atoms with Crippen LogP contribution in [-0.2, 0) is 6.61 Å². The summed E-state index contributed by atoms with van der Waals surface area (Å²) >= 11 is 5.86. The molecule has 4 N–H and O–H groups in total. The van der Waals surface area contributed by atoms with E-state index in [-0.39, 0.29) is 5.82 Å². The van der Waals surface area contributed by atoms with Crippen molar-refractivity contribution in [1.29, 1.82) is 0 Å². The Morgan fingerprint density at radius 3 is 2.71 bits per heavy atom. The second kappa shape index (κ2) is 4.93. The summed E-state index contributed by atoms with van der Waals surface area (Å²) in [4.78, 5) is 4.01. The quantitative estimate of drug-likeness (QED) is 0.876. The van der Waals surface area contributed by atoms with Crippen LogP contribution >= 0.6 is 11.6 Å². The number of nitrogens with zero attached hydrogens (tertiary/aromatic N) is 1. The summed E-state index contributed by atoms with van der Waals surface area (Å²) in [5, 5.41) is 0.677. The van der Waals surface area contributed by atoms with Crippen molar-refractivity contribution < 1.29 is 4.74 Å². The van der Waals surface area contributed by atoms with Crippen molar-refractivity contribution in [3.8, 4) is 5.88 Å². The third kappa shape index (κ3) is 3.01. The van der Waals surface area contributed by atoms with Crippen molar-refractivity contribution in [3.63, 3.8) is 0 Å². The molecule has 0 saturated carbocycles. The van der Waals surface area contributed by atoms with E-state index in [2.05, 4.69) is 4.98 Å². The number of hydrogen-bond donors (Lipinski definition) is 2. The number of ether oxygens (including phenoxy) is 1. The van der Waals surface area contributed by atoms with E-state index in [1.165, 1.54) is 0 Å². The van der Waals surface area contributed by atoms with Crippen LogP contribution in [0.25, 0.3) is 0 Å². The van der Waals surface area contributed by atoms with E-state index < -0.39 is 0 Å². The number of nitrogen functional groups attached to an aromatic ring is 2. The molecule has 0 aliphatic carbocycles. The van der Waals surface area contributed by atoms with Crippen LogP contribution < -0.4 is 16.2 Å². The van der Waals surface area contributed by atoms with Crippen LogP contribution in [-0.4, -0.2) is 4.98 Å². The first kappa shape index (κ1) is 11.5. The van der Waals surface area contributed by atoms with Gasteiger partial charge < -0.3 is 16.2 Å². The maximum absolute atomic E-state index is 5.86. The van der Waals surface area contributed by atoms with Gasteiger partial charge >= 0.3 is 0 Å². The van der Waals surface area contributed by atoms with Crippen LogP contribution in [0.2, 0.25) is 5.02 Å². The lowest BCUT2D eigenvalue weighted by Crippen LogP contribution is -2.01. The van der Waals surface area contributed by atoms with Crippen molar-refractivity contribution in [2.75, 3.05) is 11.5 Å². The average Bonchev–Trinajstić information content (AvgIpc) is 2.31. The SMILES string of the molecule is Nc1ccc(OCc2cccc(Cl)c2)nc1N. The van der Waals surface area contributed by atoms with Crippen molar-refractivity contribution >= 4 is 23.1 Å². The standard InChI is InChI=1S/C12H12ClN3O/c13-9-3-1-2-8(6-9)7-17-11-5-4-10(14)12(15)16-11/h1-6H,7,14H2,(H2,15,16). The Morgan fingerprint density at radius 2 is 2.00 bits per heavy atom. The Morgan fingerprint density at radius 1 is 1.18 bits per heavy atom. The van der Waals surface area contributed by atoms with Crippen LogP contribution in [0.3, 0.4) is 0 Å². The monoisotopic (exact) mass is 249 g/mol. The summed E-state index contributed by atoms with van der Waals surface area (Å²) in [5.41, 5.74) is 12.5. The highest BCUT2D eigenvalue weighted by Crippen LogP contribution is 2.18. The summed E-state index contributed by atoms with van der Waals surface area (Å²) in [6, 6.07) is 10.8. The number of rotatable bonds is 3. The van der Waals surface area contributed by atoms with Gasteiger partial charge in [-0.15, -0.1) is 0 Å². The summed E-state index contributed by atoms with van der Waals surface area (Å²) in [6.45, 7) is 0.386. The van der Waals surface area contributed by atoms with Crippen LogP contribution in [0.4, 0.5) is 11.5 Å². The van der Waals surface area contributed by atoms with E-state index in [4.69, 9.17) is 27.8 Å². The number of nitrogens with two attached hydrogens (primary N) is 2. The molecule has 2 rings (SSSR count). The Hall–Kier alpha value is -1.94. The molecule has 0 aliphatic heterocycles. The fourth-order valence-corrected chi connectivity index (χ4v) is 1.54. The lowest BCUT2D eigenvalue weighted by molar-refractivity contribution is 0.294. The smallest absolute Gasteiger partial charge is 0.215 e. The van der Waals surface area contributed by atoms with Gasteiger partial charge in [0.05, 0.1) is 5.69 Å². The van der Waals surface area contributed by atoms with Crippen molar-refractivity contribution in [3.05, 3.63) is 47.0 Å². The van der Waals surface area contributed by atoms with Gasteiger partial charge in [0.2, 0.25) is 5.88 Å². The van der Waals surface area contributed by atoms with Crippen LogP contribution in [0, 0.1) is 0 Å². The van der Waals surface area contributed by atoms with Gasteiger partial charge in [0.15, 0.2) is 5.82 Å². The molecule has 1 aromatic carbocycles. The van der Waals surface area contributed by atoms with Gasteiger partial charge in [-0.2, -0.15) is 4.98 Å². The Kier molecular flexibility index (Phi) is 3.35. The highest BCUT2D eigenvalue weighted by Gasteiger charge is 2.01. The second-order valence-electron chi connectivity index (χ2n) is 3.54. The molecule has 0 aliphatic rings. The highest BCUT2D eigenvalue weighted by atomic mass is 35.5. The zero-order valence-electron chi connectivity index (χ0n) is 9.06. The molecule has 0 saturated heterocycles. The molecule has 1 aromatic heterocycles. The Labute approximate surface area is 104 Å². The molecule has 0 unspecified atom stereocenters. The van der Waals surface area contributed by atoms with Crippen LogP contribution in [0.15, 0.2) is 36.4 Å². The van der Waals surface area contributed by atoms with Gasteiger partial charge in [0.1, 0.15) is 6.61 Å². The molecule has 5 heteroatoms. The van der Waals surface area contributed by atoms with Gasteiger partial charge in [0.25, 0.3) is 0 Å². The zero-order chi connectivity index (χ0) is 12.3. The fourth-order valence-electron chi connectivity index (χ4n) is 1.33. The predicted octanol–water partition coefficient (Wildman–Crippen LogP) is 2.48. The summed E-state index contributed by atoms with van der Waals surface area (Å²) in [6.07, 6.45) is 0. The van der Waals surface area contributed by atoms with Crippen LogP contribution in [0.5, 0.6) is 5.88 Å². The first-order valence-corrected chi connectivity index (χ1v) is 5.42. The number of aromatic nitrogens is 1. The third-order valence-electron chi connectivity index (χ3n) is 2.21. The molecule has 4 nitrogen and oxygen atoms in total. The largest absolute Gasteiger partial charge is 0.473 e. The molecule has 0 fully saturated rings. The number of halogens is 1. The van der Waals surface area contributed by atoms with E-state index in [9.17, 15) is 0 Å². The zero-order valence-corrected chi connectivity index (χ0v) is 9.82. The minimum Gasteiger partial charge on any atom is -0.473 e. The number of anilines is 2. The molecule has 0 bridgehead atoms. The lowest BCUT2D eigenvalue weighted by atomic mass is 10.2. The molecule has 2 aromatic rings. The van der Waals surface area contributed by atoms with E-state index >= 15 is 0 Å². The van der Waals surface area contributed by atoms with E-state index in [0.29, 0.717) is 23.2 Å². The first-order valence-electron chi connectivity index (χ1n) is 5.04. The predicted molar refractivity (Wildman–Crippen MR) is 68.8 cm³/mol. The lowest BCUT2D eigenvalue weighted by Gasteiger charge is -2.07. The van der Waals surface area contributed by atoms with Gasteiger partial charge in [0, 0.05) is 11.1 Å². The van der Waals surface area contributed by atoms with E-state index in [1.807, 2.05) is 24.3 Å². The van der Waals surface area contributed by atoms with Gasteiger partial charge in [-0.05, 0) is 23.8 Å². The van der Waals surface area contributed by atoms with Gasteiger partial charge in [-0.25, -0.2) is 0 Å². The number of hydrogen-bond acceptors (Lipinski definition) is 4. The van der Waals surface area contributed by atoms with Gasteiger partial charge in [-0.1, -0.05) is 23.7 Å². The molecular weight excluding hydrogens is 238 g/mol. The molecule has 0 atom stereocenters. The van der Waals surface area contributed by atoms with Crippen LogP contribution in [0.1, 0.15) is 5.56 Å². The molecule has 88 valence electrons. The summed E-state index contributed by atoms with van der Waals surface area (Å²) in [5.74, 6) is 0.713. The maximum atomic E-state index is 5.86. The minimum absolute atomic E-state index is 0.272. The molecule has 0 amide bonds. The summed E-state index contributed by atoms with van der Waals surface area (Å²) < 4.78 is 5.48. The maximum Gasteiger partial charge on any atom is 0.215 e. The Balaban J connectivity index is 2.05. The molecule has 0 radical (unpaired) electrons. The normalized spacial score (nSPS) is 10.2. The van der Waals surface area contributed by atoms with Gasteiger partial charge in [-0.3, -0.25) is 0 Å². The topological polar surface area (TPSA) is 74.2 Å². The van der Waals surface area contributed by atoms with Crippen molar-refractivity contribution in [2.24, 2.45) is 0 Å². The second-order valence-corrected chi connectivity index (χ2v) is 3.98. The Bertz CT molecular complexity index is 531. The molecular formula is C12H12ClN3O. The van der Waals surface area contributed by atoms with Crippen molar-refractivity contribution in [2.45, 2.75) is 6.61 Å². The first-order chi connectivity index (χ1) is 8.15. The molecule has 17 heavy (non-hydrogen) atoms. The summed E-state index contributed by atoms with van der Waals surface area (Å²) in [7, 11) is 0. The average molecular weight is 250 g/mol. The van der Waals surface area contributed by atoms with E-state index in [1.54, 1.807) is 12.1 Å². The minimum atomic E-state index is 0.272.